The number of piperidine rings is 1. The van der Waals surface area contributed by atoms with Gasteiger partial charge in [0.2, 0.25) is 0 Å². The number of anilines is 1. The van der Waals surface area contributed by atoms with Crippen molar-refractivity contribution in [3.63, 3.8) is 0 Å². The van der Waals surface area contributed by atoms with E-state index < -0.39 is 0 Å². The largest absolute Gasteiger partial charge is 0.496 e. The van der Waals surface area contributed by atoms with Crippen LogP contribution in [0.1, 0.15) is 72.0 Å². The Morgan fingerprint density at radius 3 is 2.66 bits per heavy atom. The highest BCUT2D eigenvalue weighted by Crippen LogP contribution is 2.43. The van der Waals surface area contributed by atoms with Gasteiger partial charge in [-0.25, -0.2) is 4.79 Å². The molecule has 0 N–H and O–H groups in total. The van der Waals surface area contributed by atoms with Gasteiger partial charge in [0.1, 0.15) is 24.2 Å². The van der Waals surface area contributed by atoms with Gasteiger partial charge in [0.15, 0.2) is 0 Å². The molecule has 0 radical (unpaired) electrons. The van der Waals surface area contributed by atoms with Gasteiger partial charge in [-0.15, -0.1) is 0 Å². The number of benzene rings is 2. The second kappa shape index (κ2) is 10.7. The molecule has 8 heteroatoms. The van der Waals surface area contributed by atoms with Crippen LogP contribution in [-0.4, -0.2) is 48.1 Å². The van der Waals surface area contributed by atoms with Crippen molar-refractivity contribution >= 4 is 17.7 Å². The summed E-state index contributed by atoms with van der Waals surface area (Å²) >= 11 is 0. The predicted molar refractivity (Wildman–Crippen MR) is 155 cm³/mol. The van der Waals surface area contributed by atoms with Crippen molar-refractivity contribution in [1.82, 2.24) is 9.88 Å². The molecule has 1 aromatic heterocycles. The number of nitrogens with zero attached hydrogens (tertiary/aromatic N) is 3. The van der Waals surface area contributed by atoms with Crippen LogP contribution < -0.4 is 14.4 Å². The number of ether oxygens (including phenoxy) is 3. The quantitative estimate of drug-likeness (QED) is 0.370. The van der Waals surface area contributed by atoms with Gasteiger partial charge in [-0.05, 0) is 67.9 Å². The minimum absolute atomic E-state index is 0.0218. The van der Waals surface area contributed by atoms with Crippen LogP contribution in [0.2, 0.25) is 0 Å². The van der Waals surface area contributed by atoms with Gasteiger partial charge in [-0.2, -0.15) is 0 Å². The molecule has 0 spiro atoms. The van der Waals surface area contributed by atoms with Crippen molar-refractivity contribution in [3.8, 4) is 11.5 Å². The van der Waals surface area contributed by atoms with Crippen molar-refractivity contribution in [3.05, 3.63) is 82.7 Å². The molecule has 41 heavy (non-hydrogen) atoms. The number of rotatable bonds is 5. The lowest BCUT2D eigenvalue weighted by molar-refractivity contribution is 0.0705. The van der Waals surface area contributed by atoms with Crippen LogP contribution in [0.5, 0.6) is 11.5 Å². The van der Waals surface area contributed by atoms with Crippen molar-refractivity contribution in [2.75, 3.05) is 25.1 Å². The third kappa shape index (κ3) is 5.35. The number of carbonyl (C=O) groups excluding carboxylic acids is 2. The van der Waals surface area contributed by atoms with E-state index in [1.165, 1.54) is 0 Å². The van der Waals surface area contributed by atoms with Crippen molar-refractivity contribution < 1.29 is 23.8 Å². The minimum Gasteiger partial charge on any atom is -0.496 e. The number of fused-ring (bicyclic) bond motifs is 2. The summed E-state index contributed by atoms with van der Waals surface area (Å²) < 4.78 is 17.6. The standard InChI is InChI=1S/C33H37N3O5/c1-21-15-26-27(34-19-21)17-33(2,3)18-30(26)41-24-9-10-25(29(16-24)39-4)31(37)35-13-11-23(12-14-35)36-28-8-6-5-7-22(28)20-40-32(36)38/h5-10,15-16,19,23,30H,11-14,17-18,20H2,1-4H3. The lowest BCUT2D eigenvalue weighted by Crippen LogP contribution is -2.50. The summed E-state index contributed by atoms with van der Waals surface area (Å²) in [7, 11) is 1.58. The number of pyridine rings is 1. The van der Waals surface area contributed by atoms with Crippen molar-refractivity contribution in [2.45, 2.75) is 65.2 Å². The van der Waals surface area contributed by atoms with Gasteiger partial charge in [0.05, 0.1) is 18.4 Å². The van der Waals surface area contributed by atoms with Crippen molar-refractivity contribution in [1.29, 1.82) is 0 Å². The predicted octanol–water partition coefficient (Wildman–Crippen LogP) is 6.25. The Morgan fingerprint density at radius 1 is 1.10 bits per heavy atom. The number of methoxy groups -OCH3 is 1. The highest BCUT2D eigenvalue weighted by molar-refractivity contribution is 5.97. The summed E-state index contributed by atoms with van der Waals surface area (Å²) in [5.74, 6) is 1.06. The zero-order chi connectivity index (χ0) is 28.7. The van der Waals surface area contributed by atoms with Gasteiger partial charge in [-0.3, -0.25) is 14.7 Å². The Morgan fingerprint density at radius 2 is 1.88 bits per heavy atom. The van der Waals surface area contributed by atoms with E-state index in [0.717, 1.165) is 40.9 Å². The van der Waals surface area contributed by atoms with Crippen LogP contribution in [-0.2, 0) is 17.8 Å². The average molecular weight is 556 g/mol. The zero-order valence-electron chi connectivity index (χ0n) is 24.2. The van der Waals surface area contributed by atoms with Gasteiger partial charge in [0, 0.05) is 48.2 Å². The fourth-order valence-corrected chi connectivity index (χ4v) is 6.39. The molecule has 3 aliphatic rings. The third-order valence-electron chi connectivity index (χ3n) is 8.47. The average Bonchev–Trinajstić information content (AvgIpc) is 2.97. The SMILES string of the molecule is COc1cc(OC2CC(C)(C)Cc3ncc(C)cc32)ccc1C(=O)N1CCC(N2C(=O)OCc3ccccc32)CC1. The van der Waals surface area contributed by atoms with E-state index in [-0.39, 0.29) is 29.6 Å². The number of cyclic esters (lactones) is 1. The highest BCUT2D eigenvalue weighted by Gasteiger charge is 2.37. The molecule has 1 aliphatic carbocycles. The van der Waals surface area contributed by atoms with E-state index in [1.807, 2.05) is 54.4 Å². The molecule has 3 heterocycles. The number of hydrogen-bond donors (Lipinski definition) is 0. The lowest BCUT2D eigenvalue weighted by Gasteiger charge is -2.40. The molecule has 2 aromatic carbocycles. The molecule has 0 bridgehead atoms. The first kappa shape index (κ1) is 27.1. The highest BCUT2D eigenvalue weighted by atomic mass is 16.6. The molecule has 214 valence electrons. The summed E-state index contributed by atoms with van der Waals surface area (Å²) in [5.41, 5.74) is 5.81. The second-order valence-electron chi connectivity index (χ2n) is 12.1. The lowest BCUT2D eigenvalue weighted by atomic mass is 9.74. The molecule has 3 aromatic rings. The van der Waals surface area contributed by atoms with Gasteiger partial charge >= 0.3 is 6.09 Å². The molecule has 1 saturated heterocycles. The first-order chi connectivity index (χ1) is 19.7. The molecular weight excluding hydrogens is 518 g/mol. The van der Waals surface area contributed by atoms with Crippen LogP contribution in [0.25, 0.3) is 0 Å². The summed E-state index contributed by atoms with van der Waals surface area (Å²) in [5, 5.41) is 0. The molecule has 1 atom stereocenters. The third-order valence-corrected chi connectivity index (χ3v) is 8.47. The number of hydrogen-bond acceptors (Lipinski definition) is 6. The Balaban J connectivity index is 1.16. The smallest absolute Gasteiger partial charge is 0.414 e. The van der Waals surface area contributed by atoms with Crippen LogP contribution >= 0.6 is 0 Å². The Bertz CT molecular complexity index is 1480. The van der Waals surface area contributed by atoms with E-state index in [9.17, 15) is 9.59 Å². The normalized spacial score (nSPS) is 20.1. The van der Waals surface area contributed by atoms with Gasteiger partial charge in [-0.1, -0.05) is 32.0 Å². The second-order valence-corrected chi connectivity index (χ2v) is 12.1. The topological polar surface area (TPSA) is 81.2 Å². The maximum atomic E-state index is 13.6. The summed E-state index contributed by atoms with van der Waals surface area (Å²) in [6.07, 6.45) is 4.60. The first-order valence-corrected chi connectivity index (χ1v) is 14.4. The van der Waals surface area contributed by atoms with Gasteiger partial charge in [0.25, 0.3) is 5.91 Å². The van der Waals surface area contributed by atoms with Gasteiger partial charge < -0.3 is 19.1 Å². The zero-order valence-corrected chi connectivity index (χ0v) is 24.2. The number of aromatic nitrogens is 1. The molecule has 0 saturated carbocycles. The Labute approximate surface area is 241 Å². The Hall–Kier alpha value is -4.07. The first-order valence-electron chi connectivity index (χ1n) is 14.4. The van der Waals surface area contributed by atoms with Crippen molar-refractivity contribution in [2.24, 2.45) is 5.41 Å². The molecule has 1 unspecified atom stereocenters. The summed E-state index contributed by atoms with van der Waals surface area (Å²) in [4.78, 5) is 34.6. The molecule has 8 nitrogen and oxygen atoms in total. The van der Waals surface area contributed by atoms with E-state index in [0.29, 0.717) is 49.6 Å². The van der Waals surface area contributed by atoms with Crippen LogP contribution in [0.3, 0.4) is 0 Å². The minimum atomic E-state index is -0.319. The number of para-hydroxylation sites is 1. The van der Waals surface area contributed by atoms with Crippen LogP contribution in [0, 0.1) is 12.3 Å². The van der Waals surface area contributed by atoms with E-state index in [4.69, 9.17) is 19.2 Å². The van der Waals surface area contributed by atoms with Crippen LogP contribution in [0.15, 0.2) is 54.7 Å². The molecular formula is C33H37N3O5. The van der Waals surface area contributed by atoms with E-state index in [2.05, 4.69) is 19.9 Å². The fraction of sp³-hybridized carbons (Fsp3) is 0.424. The summed E-state index contributed by atoms with van der Waals surface area (Å²) in [6, 6.07) is 15.5. The number of likely N-dealkylation sites (tertiary alicyclic amines) is 1. The molecule has 6 rings (SSSR count). The maximum absolute atomic E-state index is 13.6. The number of amides is 2. The van der Waals surface area contributed by atoms with E-state index in [1.54, 1.807) is 18.1 Å². The monoisotopic (exact) mass is 555 g/mol. The molecule has 2 amide bonds. The maximum Gasteiger partial charge on any atom is 0.414 e. The summed E-state index contributed by atoms with van der Waals surface area (Å²) in [6.45, 7) is 7.91. The molecule has 1 fully saturated rings. The Kier molecular flexibility index (Phi) is 7.09. The fourth-order valence-electron chi connectivity index (χ4n) is 6.39. The molecule has 2 aliphatic heterocycles. The van der Waals surface area contributed by atoms with Crippen LogP contribution in [0.4, 0.5) is 10.5 Å². The van der Waals surface area contributed by atoms with E-state index >= 15 is 0 Å². The number of aryl methyl sites for hydroxylation is 1. The number of carbonyl (C=O) groups is 2.